The van der Waals surface area contributed by atoms with E-state index < -0.39 is 5.97 Å². The molecular weight excluding hydrogens is 328 g/mol. The Labute approximate surface area is 160 Å². The molecular formula is C21H40N2O3. The zero-order valence-corrected chi connectivity index (χ0v) is 17.2. The maximum atomic E-state index is 13.3. The number of rotatable bonds is 17. The Balaban J connectivity index is 5.28. The standard InChI is InChI=1S/C21H40N2O3/c1-5-9-12-18-22(15-8-4)19(13-14-20(24)25)21(26)23(16-10-6-2)17-11-7-3/h8,19H,4-7,9-18H2,1-3H3,(H,24,25). The highest BCUT2D eigenvalue weighted by Gasteiger charge is 2.29. The molecule has 26 heavy (non-hydrogen) atoms. The summed E-state index contributed by atoms with van der Waals surface area (Å²) in [6.07, 6.45) is 9.51. The number of unbranched alkanes of at least 4 members (excludes halogenated alkanes) is 4. The third-order valence-corrected chi connectivity index (χ3v) is 4.64. The summed E-state index contributed by atoms with van der Waals surface area (Å²) in [4.78, 5) is 28.5. The Kier molecular flexibility index (Phi) is 15.0. The van der Waals surface area contributed by atoms with Gasteiger partial charge in [-0.3, -0.25) is 14.5 Å². The number of carbonyl (C=O) groups is 2. The molecule has 5 nitrogen and oxygen atoms in total. The Hall–Kier alpha value is -1.36. The number of carbonyl (C=O) groups excluding carboxylic acids is 1. The van der Waals surface area contributed by atoms with Crippen molar-refractivity contribution in [2.24, 2.45) is 0 Å². The number of hydrogen-bond acceptors (Lipinski definition) is 3. The van der Waals surface area contributed by atoms with Crippen LogP contribution < -0.4 is 0 Å². The number of amides is 1. The first kappa shape index (κ1) is 24.6. The summed E-state index contributed by atoms with van der Waals surface area (Å²) >= 11 is 0. The molecule has 0 saturated carbocycles. The third kappa shape index (κ3) is 10.6. The zero-order valence-electron chi connectivity index (χ0n) is 17.2. The Morgan fingerprint density at radius 3 is 2.00 bits per heavy atom. The average Bonchev–Trinajstić information content (AvgIpc) is 2.61. The zero-order chi connectivity index (χ0) is 19.8. The summed E-state index contributed by atoms with van der Waals surface area (Å²) in [6.45, 7) is 13.2. The van der Waals surface area contributed by atoms with Crippen LogP contribution in [0.15, 0.2) is 12.7 Å². The monoisotopic (exact) mass is 368 g/mol. The molecule has 0 fully saturated rings. The van der Waals surface area contributed by atoms with Crippen molar-refractivity contribution in [3.63, 3.8) is 0 Å². The first-order valence-electron chi connectivity index (χ1n) is 10.4. The van der Waals surface area contributed by atoms with Crippen LogP contribution in [0.3, 0.4) is 0 Å². The van der Waals surface area contributed by atoms with Crippen LogP contribution in [-0.4, -0.2) is 59.0 Å². The van der Waals surface area contributed by atoms with Crippen LogP contribution in [0.4, 0.5) is 0 Å². The average molecular weight is 369 g/mol. The van der Waals surface area contributed by atoms with E-state index in [1.54, 1.807) is 0 Å². The van der Waals surface area contributed by atoms with Crippen LogP contribution in [-0.2, 0) is 9.59 Å². The lowest BCUT2D eigenvalue weighted by Crippen LogP contribution is -2.50. The minimum absolute atomic E-state index is 0.0211. The molecule has 0 rings (SSSR count). The van der Waals surface area contributed by atoms with E-state index in [1.165, 1.54) is 0 Å². The quantitative estimate of drug-likeness (QED) is 0.307. The molecule has 1 unspecified atom stereocenters. The summed E-state index contributed by atoms with van der Waals surface area (Å²) in [5.41, 5.74) is 0. The van der Waals surface area contributed by atoms with E-state index >= 15 is 0 Å². The molecule has 0 bridgehead atoms. The van der Waals surface area contributed by atoms with Crippen LogP contribution in [0.25, 0.3) is 0 Å². The molecule has 5 heteroatoms. The van der Waals surface area contributed by atoms with E-state index in [4.69, 9.17) is 5.11 Å². The molecule has 0 aromatic carbocycles. The summed E-state index contributed by atoms with van der Waals surface area (Å²) in [7, 11) is 0. The van der Waals surface area contributed by atoms with Crippen LogP contribution >= 0.6 is 0 Å². The van der Waals surface area contributed by atoms with E-state index in [0.717, 1.165) is 64.6 Å². The second kappa shape index (κ2) is 15.9. The van der Waals surface area contributed by atoms with Gasteiger partial charge in [0.2, 0.25) is 5.91 Å². The summed E-state index contributed by atoms with van der Waals surface area (Å²) in [5, 5.41) is 9.13. The Morgan fingerprint density at radius 2 is 1.54 bits per heavy atom. The molecule has 0 aliphatic carbocycles. The van der Waals surface area contributed by atoms with E-state index in [-0.39, 0.29) is 18.4 Å². The molecule has 0 radical (unpaired) electrons. The minimum Gasteiger partial charge on any atom is -0.481 e. The number of nitrogens with zero attached hydrogens (tertiary/aromatic N) is 2. The maximum Gasteiger partial charge on any atom is 0.303 e. The third-order valence-electron chi connectivity index (χ3n) is 4.64. The van der Waals surface area contributed by atoms with E-state index in [0.29, 0.717) is 13.0 Å². The van der Waals surface area contributed by atoms with E-state index in [9.17, 15) is 9.59 Å². The topological polar surface area (TPSA) is 60.9 Å². The first-order valence-corrected chi connectivity index (χ1v) is 10.4. The predicted octanol–water partition coefficient (Wildman–Crippen LogP) is 4.33. The summed E-state index contributed by atoms with van der Waals surface area (Å²) in [5.74, 6) is -0.755. The lowest BCUT2D eigenvalue weighted by molar-refractivity contribution is -0.140. The van der Waals surface area contributed by atoms with Crippen LogP contribution in [0.2, 0.25) is 0 Å². The van der Waals surface area contributed by atoms with Gasteiger partial charge in [-0.25, -0.2) is 0 Å². The van der Waals surface area contributed by atoms with Gasteiger partial charge >= 0.3 is 5.97 Å². The summed E-state index contributed by atoms with van der Waals surface area (Å²) in [6, 6.07) is -0.366. The molecule has 0 aromatic heterocycles. The van der Waals surface area contributed by atoms with Crippen molar-refractivity contribution in [2.75, 3.05) is 26.2 Å². The van der Waals surface area contributed by atoms with Crippen molar-refractivity contribution in [3.8, 4) is 0 Å². The molecule has 152 valence electrons. The van der Waals surface area contributed by atoms with Crippen LogP contribution in [0.5, 0.6) is 0 Å². The lowest BCUT2D eigenvalue weighted by Gasteiger charge is -2.34. The fourth-order valence-corrected chi connectivity index (χ4v) is 3.07. The van der Waals surface area contributed by atoms with Crippen molar-refractivity contribution in [1.29, 1.82) is 0 Å². The molecule has 0 aliphatic rings. The molecule has 0 heterocycles. The highest BCUT2D eigenvalue weighted by molar-refractivity contribution is 5.82. The van der Waals surface area contributed by atoms with Gasteiger partial charge in [0, 0.05) is 26.1 Å². The molecule has 1 atom stereocenters. The van der Waals surface area contributed by atoms with Gasteiger partial charge in [0.15, 0.2) is 0 Å². The Morgan fingerprint density at radius 1 is 0.962 bits per heavy atom. The summed E-state index contributed by atoms with van der Waals surface area (Å²) < 4.78 is 0. The number of carboxylic acid groups (broad SMARTS) is 1. The molecule has 0 spiro atoms. The fourth-order valence-electron chi connectivity index (χ4n) is 3.07. The van der Waals surface area contributed by atoms with Gasteiger partial charge in [-0.05, 0) is 32.2 Å². The number of aliphatic carboxylic acids is 1. The second-order valence-corrected chi connectivity index (χ2v) is 6.97. The Bertz CT molecular complexity index is 391. The van der Waals surface area contributed by atoms with E-state index in [2.05, 4.69) is 32.3 Å². The SMILES string of the molecule is C=CCN(CCCCC)C(CCC(=O)O)C(=O)N(CCCC)CCCC. The largest absolute Gasteiger partial charge is 0.481 e. The van der Waals surface area contributed by atoms with Gasteiger partial charge in [-0.2, -0.15) is 0 Å². The van der Waals surface area contributed by atoms with Crippen molar-refractivity contribution in [2.45, 2.75) is 84.6 Å². The van der Waals surface area contributed by atoms with Crippen molar-refractivity contribution in [3.05, 3.63) is 12.7 Å². The van der Waals surface area contributed by atoms with E-state index in [1.807, 2.05) is 11.0 Å². The van der Waals surface area contributed by atoms with Gasteiger partial charge in [0.1, 0.15) is 0 Å². The van der Waals surface area contributed by atoms with Crippen molar-refractivity contribution in [1.82, 2.24) is 9.80 Å². The fraction of sp³-hybridized carbons (Fsp3) is 0.810. The number of hydrogen-bond donors (Lipinski definition) is 1. The van der Waals surface area contributed by atoms with Gasteiger partial charge in [-0.15, -0.1) is 6.58 Å². The van der Waals surface area contributed by atoms with Crippen molar-refractivity contribution < 1.29 is 14.7 Å². The highest BCUT2D eigenvalue weighted by Crippen LogP contribution is 2.15. The smallest absolute Gasteiger partial charge is 0.303 e. The van der Waals surface area contributed by atoms with Crippen LogP contribution in [0, 0.1) is 0 Å². The van der Waals surface area contributed by atoms with Crippen LogP contribution in [0.1, 0.15) is 78.6 Å². The number of carboxylic acids is 1. The minimum atomic E-state index is -0.844. The highest BCUT2D eigenvalue weighted by atomic mass is 16.4. The predicted molar refractivity (Wildman–Crippen MR) is 108 cm³/mol. The first-order chi connectivity index (χ1) is 12.5. The molecule has 0 aromatic rings. The van der Waals surface area contributed by atoms with Gasteiger partial charge in [0.05, 0.1) is 6.04 Å². The van der Waals surface area contributed by atoms with Gasteiger partial charge in [0.25, 0.3) is 0 Å². The van der Waals surface area contributed by atoms with Gasteiger partial charge in [-0.1, -0.05) is 52.5 Å². The normalized spacial score (nSPS) is 12.2. The molecule has 1 amide bonds. The van der Waals surface area contributed by atoms with Gasteiger partial charge < -0.3 is 10.0 Å². The second-order valence-electron chi connectivity index (χ2n) is 6.97. The molecule has 0 aliphatic heterocycles. The maximum absolute atomic E-state index is 13.3. The lowest BCUT2D eigenvalue weighted by atomic mass is 10.1. The molecule has 0 saturated heterocycles. The van der Waals surface area contributed by atoms with Crippen molar-refractivity contribution >= 4 is 11.9 Å². The molecule has 1 N–H and O–H groups in total.